The number of carbonyl (C=O) groups is 1. The van der Waals surface area contributed by atoms with E-state index in [0.717, 1.165) is 42.7 Å². The van der Waals surface area contributed by atoms with Crippen LogP contribution >= 0.6 is 0 Å². The van der Waals surface area contributed by atoms with Gasteiger partial charge in [-0.3, -0.25) is 9.69 Å². The van der Waals surface area contributed by atoms with E-state index in [4.69, 9.17) is 9.72 Å². The molecule has 3 saturated heterocycles. The number of benzene rings is 2. The van der Waals surface area contributed by atoms with Gasteiger partial charge in [0, 0.05) is 31.2 Å². The molecule has 6 rings (SSSR count). The van der Waals surface area contributed by atoms with E-state index < -0.39 is 11.0 Å². The minimum atomic E-state index is -0.795. The standard InChI is InChI=1S/C32H42N4O3/c1-23-33-28-11-7-8-12-29(28)36(23)27-19-25-13-14-26(20-27)35(25)16-15-32(24-9-5-4-6-10-24)21-34(17-18-39-32)30(38)31(2,3)22-37/h4-12,25-27,37H,13-22H2,1-3H3/t25-,26+,27?,32?. The van der Waals surface area contributed by atoms with Crippen molar-refractivity contribution in [2.45, 2.75) is 76.6 Å². The maximum atomic E-state index is 13.4. The fraction of sp³-hybridized carbons (Fsp3) is 0.562. The van der Waals surface area contributed by atoms with Crippen LogP contribution in [0.3, 0.4) is 0 Å². The van der Waals surface area contributed by atoms with Crippen LogP contribution in [-0.2, 0) is 15.1 Å². The number of para-hydroxylation sites is 2. The predicted molar refractivity (Wildman–Crippen MR) is 152 cm³/mol. The van der Waals surface area contributed by atoms with Gasteiger partial charge in [0.15, 0.2) is 0 Å². The minimum absolute atomic E-state index is 0.00239. The molecular weight excluding hydrogens is 488 g/mol. The van der Waals surface area contributed by atoms with Crippen LogP contribution in [-0.4, -0.2) is 75.3 Å². The number of fused-ring (bicyclic) bond motifs is 3. The Hall–Kier alpha value is -2.74. The molecular formula is C32H42N4O3. The molecule has 3 aliphatic heterocycles. The van der Waals surface area contributed by atoms with Gasteiger partial charge in [-0.1, -0.05) is 42.5 Å². The number of nitrogens with zero attached hydrogens (tertiary/aromatic N) is 4. The molecule has 4 atom stereocenters. The molecule has 0 spiro atoms. The van der Waals surface area contributed by atoms with E-state index in [2.05, 4.69) is 64.9 Å². The van der Waals surface area contributed by atoms with Crippen molar-refractivity contribution in [1.29, 1.82) is 0 Å². The van der Waals surface area contributed by atoms with Gasteiger partial charge in [-0.05, 0) is 70.6 Å². The topological polar surface area (TPSA) is 70.8 Å². The van der Waals surface area contributed by atoms with Crippen molar-refractivity contribution in [3.63, 3.8) is 0 Å². The highest BCUT2D eigenvalue weighted by Crippen LogP contribution is 2.44. The first-order chi connectivity index (χ1) is 18.8. The molecule has 0 radical (unpaired) electrons. The molecule has 1 amide bonds. The summed E-state index contributed by atoms with van der Waals surface area (Å²) in [6.45, 7) is 8.16. The summed E-state index contributed by atoms with van der Waals surface area (Å²) in [4.78, 5) is 22.9. The lowest BCUT2D eigenvalue weighted by Crippen LogP contribution is -2.56. The third kappa shape index (κ3) is 4.79. The molecule has 3 aliphatic rings. The van der Waals surface area contributed by atoms with Gasteiger partial charge in [-0.2, -0.15) is 0 Å². The number of hydrogen-bond acceptors (Lipinski definition) is 5. The number of piperidine rings is 1. The lowest BCUT2D eigenvalue weighted by Gasteiger charge is -2.47. The van der Waals surface area contributed by atoms with Gasteiger partial charge in [0.2, 0.25) is 5.91 Å². The third-order valence-corrected chi connectivity index (χ3v) is 9.52. The van der Waals surface area contributed by atoms with Crippen molar-refractivity contribution in [2.75, 3.05) is 32.8 Å². The molecule has 2 bridgehead atoms. The molecule has 0 saturated carbocycles. The molecule has 3 aromatic rings. The van der Waals surface area contributed by atoms with Crippen molar-refractivity contribution in [3.05, 3.63) is 66.0 Å². The zero-order chi connectivity index (χ0) is 27.2. The number of carbonyl (C=O) groups excluding carboxylic acids is 1. The number of imidazole rings is 1. The van der Waals surface area contributed by atoms with E-state index in [9.17, 15) is 9.90 Å². The van der Waals surface area contributed by atoms with Gasteiger partial charge in [0.05, 0.1) is 36.2 Å². The zero-order valence-corrected chi connectivity index (χ0v) is 23.6. The molecule has 2 aromatic carbocycles. The molecule has 3 fully saturated rings. The van der Waals surface area contributed by atoms with Crippen LogP contribution < -0.4 is 0 Å². The Labute approximate surface area is 231 Å². The van der Waals surface area contributed by atoms with Crippen LogP contribution in [0.2, 0.25) is 0 Å². The minimum Gasteiger partial charge on any atom is -0.395 e. The first-order valence-corrected chi connectivity index (χ1v) is 14.6. The number of ether oxygens (including phenoxy) is 1. The predicted octanol–water partition coefficient (Wildman–Crippen LogP) is 4.68. The summed E-state index contributed by atoms with van der Waals surface area (Å²) in [5.74, 6) is 1.11. The Morgan fingerprint density at radius 3 is 2.46 bits per heavy atom. The Morgan fingerprint density at radius 1 is 1.05 bits per heavy atom. The van der Waals surface area contributed by atoms with Crippen molar-refractivity contribution in [3.8, 4) is 0 Å². The maximum absolute atomic E-state index is 13.4. The average Bonchev–Trinajstić information content (AvgIpc) is 3.42. The first-order valence-electron chi connectivity index (χ1n) is 14.6. The molecule has 0 aliphatic carbocycles. The number of aliphatic hydroxyl groups excluding tert-OH is 1. The van der Waals surface area contributed by atoms with E-state index >= 15 is 0 Å². The molecule has 4 heterocycles. The number of aliphatic hydroxyl groups is 1. The van der Waals surface area contributed by atoms with Crippen LogP contribution in [0.1, 0.15) is 63.4 Å². The van der Waals surface area contributed by atoms with Crippen LogP contribution in [0.5, 0.6) is 0 Å². The van der Waals surface area contributed by atoms with E-state index in [1.165, 1.54) is 18.4 Å². The summed E-state index contributed by atoms with van der Waals surface area (Å²) < 4.78 is 9.10. The van der Waals surface area contributed by atoms with E-state index in [1.54, 1.807) is 0 Å². The third-order valence-electron chi connectivity index (χ3n) is 9.52. The number of amides is 1. The number of aryl methyl sites for hydroxylation is 1. The van der Waals surface area contributed by atoms with Gasteiger partial charge in [-0.25, -0.2) is 4.98 Å². The Bertz CT molecular complexity index is 1310. The molecule has 39 heavy (non-hydrogen) atoms. The highest BCUT2D eigenvalue weighted by Gasteiger charge is 2.46. The molecule has 208 valence electrons. The monoisotopic (exact) mass is 530 g/mol. The van der Waals surface area contributed by atoms with E-state index in [-0.39, 0.29) is 12.5 Å². The van der Waals surface area contributed by atoms with Gasteiger partial charge < -0.3 is 19.3 Å². The number of hydrogen-bond donors (Lipinski definition) is 1. The summed E-state index contributed by atoms with van der Waals surface area (Å²) in [7, 11) is 0. The van der Waals surface area contributed by atoms with E-state index in [0.29, 0.717) is 37.8 Å². The van der Waals surface area contributed by atoms with E-state index in [1.807, 2.05) is 24.8 Å². The summed E-state index contributed by atoms with van der Waals surface area (Å²) in [6.07, 6.45) is 5.60. The normalized spacial score (nSPS) is 27.8. The van der Waals surface area contributed by atoms with Crippen LogP contribution in [0.25, 0.3) is 11.0 Å². The smallest absolute Gasteiger partial charge is 0.230 e. The number of aromatic nitrogens is 2. The van der Waals surface area contributed by atoms with Gasteiger partial charge in [0.1, 0.15) is 11.4 Å². The Morgan fingerprint density at radius 2 is 1.74 bits per heavy atom. The second-order valence-corrected chi connectivity index (χ2v) is 12.5. The summed E-state index contributed by atoms with van der Waals surface area (Å²) in [6, 6.07) is 20.5. The van der Waals surface area contributed by atoms with Crippen LogP contribution in [0, 0.1) is 12.3 Å². The van der Waals surface area contributed by atoms with Crippen molar-refractivity contribution >= 4 is 16.9 Å². The zero-order valence-electron chi connectivity index (χ0n) is 23.6. The molecule has 2 unspecified atom stereocenters. The maximum Gasteiger partial charge on any atom is 0.230 e. The number of rotatable bonds is 7. The SMILES string of the molecule is Cc1nc2ccccc2n1C1C[C@H]2CC[C@@H](C1)N2CCC1(c2ccccc2)CN(C(=O)C(C)(C)CO)CCO1. The Kier molecular flexibility index (Phi) is 7.02. The molecule has 1 aromatic heterocycles. The summed E-state index contributed by atoms with van der Waals surface area (Å²) in [5, 5.41) is 9.86. The highest BCUT2D eigenvalue weighted by molar-refractivity contribution is 5.82. The van der Waals surface area contributed by atoms with Crippen LogP contribution in [0.4, 0.5) is 0 Å². The summed E-state index contributed by atoms with van der Waals surface area (Å²) >= 11 is 0. The van der Waals surface area contributed by atoms with Gasteiger partial charge >= 0.3 is 0 Å². The van der Waals surface area contributed by atoms with Crippen molar-refractivity contribution < 1.29 is 14.6 Å². The molecule has 1 N–H and O–H groups in total. The summed E-state index contributed by atoms with van der Waals surface area (Å²) in [5.41, 5.74) is 2.13. The van der Waals surface area contributed by atoms with Crippen LogP contribution in [0.15, 0.2) is 54.6 Å². The molecule has 7 nitrogen and oxygen atoms in total. The second kappa shape index (κ2) is 10.3. The van der Waals surface area contributed by atoms with Gasteiger partial charge in [0.25, 0.3) is 0 Å². The van der Waals surface area contributed by atoms with Crippen molar-refractivity contribution in [2.24, 2.45) is 5.41 Å². The fourth-order valence-corrected chi connectivity index (χ4v) is 7.42. The quantitative estimate of drug-likeness (QED) is 0.481. The number of morpholine rings is 1. The Balaban J connectivity index is 1.21. The fourth-order valence-electron chi connectivity index (χ4n) is 7.42. The second-order valence-electron chi connectivity index (χ2n) is 12.5. The first kappa shape index (κ1) is 26.5. The highest BCUT2D eigenvalue weighted by atomic mass is 16.5. The lowest BCUT2D eigenvalue weighted by atomic mass is 9.85. The van der Waals surface area contributed by atoms with Crippen molar-refractivity contribution in [1.82, 2.24) is 19.4 Å². The van der Waals surface area contributed by atoms with Gasteiger partial charge in [-0.15, -0.1) is 0 Å². The lowest BCUT2D eigenvalue weighted by molar-refractivity contribution is -0.164. The largest absolute Gasteiger partial charge is 0.395 e. The molecule has 7 heteroatoms. The average molecular weight is 531 g/mol.